The SMILES string of the molecule is C=CCOC(=O)[C@@]1(SC2=C(C(=O)O)N3C(=O)[C@H]([C@@H](C)O)[C@H]3[C@H]2C)CN[C@H](Cc2ncccn2)C1. The fraction of sp³-hybridized carbons (Fsp3) is 0.522. The Balaban J connectivity index is 1.64. The summed E-state index contributed by atoms with van der Waals surface area (Å²) < 4.78 is 4.33. The number of aliphatic carboxylic acids is 1. The summed E-state index contributed by atoms with van der Waals surface area (Å²) >= 11 is 1.15. The molecule has 2 saturated heterocycles. The van der Waals surface area contributed by atoms with E-state index in [-0.39, 0.29) is 30.8 Å². The van der Waals surface area contributed by atoms with E-state index in [4.69, 9.17) is 4.74 Å². The Morgan fingerprint density at radius 1 is 1.44 bits per heavy atom. The molecule has 0 aliphatic carbocycles. The highest BCUT2D eigenvalue weighted by Crippen LogP contribution is 2.54. The summed E-state index contributed by atoms with van der Waals surface area (Å²) in [4.78, 5) is 48.3. The van der Waals surface area contributed by atoms with Crippen LogP contribution in [0.1, 0.15) is 26.1 Å². The van der Waals surface area contributed by atoms with Crippen molar-refractivity contribution in [3.05, 3.63) is 47.5 Å². The average Bonchev–Trinajstić information content (AvgIpc) is 3.31. The molecule has 4 rings (SSSR count). The molecule has 6 atom stereocenters. The third-order valence-electron chi connectivity index (χ3n) is 6.62. The lowest BCUT2D eigenvalue weighted by molar-refractivity contribution is -0.163. The molecule has 3 N–H and O–H groups in total. The third-order valence-corrected chi connectivity index (χ3v) is 8.27. The molecule has 2 fully saturated rings. The predicted molar refractivity (Wildman–Crippen MR) is 123 cm³/mol. The van der Waals surface area contributed by atoms with Crippen molar-refractivity contribution in [2.45, 2.75) is 49.6 Å². The Hall–Kier alpha value is -2.76. The maximum Gasteiger partial charge on any atom is 0.353 e. The highest BCUT2D eigenvalue weighted by atomic mass is 32.2. The number of hydrogen-bond donors (Lipinski definition) is 3. The van der Waals surface area contributed by atoms with E-state index in [1.807, 2.05) is 6.92 Å². The number of nitrogens with one attached hydrogen (secondary N) is 1. The molecule has 11 heteroatoms. The van der Waals surface area contributed by atoms with Crippen LogP contribution in [0.4, 0.5) is 0 Å². The number of amides is 1. The van der Waals surface area contributed by atoms with Crippen molar-refractivity contribution in [1.82, 2.24) is 20.2 Å². The fourth-order valence-electron chi connectivity index (χ4n) is 5.06. The molecule has 0 aromatic carbocycles. The topological polar surface area (TPSA) is 142 Å². The van der Waals surface area contributed by atoms with Crippen LogP contribution in [0.15, 0.2) is 41.7 Å². The molecule has 3 aliphatic rings. The van der Waals surface area contributed by atoms with E-state index in [0.29, 0.717) is 23.6 Å². The molecule has 0 unspecified atom stereocenters. The van der Waals surface area contributed by atoms with Crippen molar-refractivity contribution in [1.29, 1.82) is 0 Å². The van der Waals surface area contributed by atoms with E-state index in [0.717, 1.165) is 11.8 Å². The Labute approximate surface area is 201 Å². The van der Waals surface area contributed by atoms with Gasteiger partial charge in [-0.2, -0.15) is 0 Å². The molecule has 1 aromatic heterocycles. The van der Waals surface area contributed by atoms with Gasteiger partial charge in [-0.3, -0.25) is 9.59 Å². The lowest BCUT2D eigenvalue weighted by atomic mass is 9.79. The second kappa shape index (κ2) is 9.47. The van der Waals surface area contributed by atoms with Gasteiger partial charge in [0.2, 0.25) is 5.91 Å². The number of aliphatic hydroxyl groups excluding tert-OH is 1. The van der Waals surface area contributed by atoms with Crippen LogP contribution in [-0.4, -0.2) is 79.0 Å². The first-order valence-electron chi connectivity index (χ1n) is 11.1. The van der Waals surface area contributed by atoms with E-state index in [1.54, 1.807) is 18.5 Å². The molecule has 3 aliphatic heterocycles. The molecule has 0 saturated carbocycles. The molecule has 4 heterocycles. The summed E-state index contributed by atoms with van der Waals surface area (Å²) in [7, 11) is 0. The number of rotatable bonds is 9. The van der Waals surface area contributed by atoms with Gasteiger partial charge in [0.1, 0.15) is 22.9 Å². The second-order valence-electron chi connectivity index (χ2n) is 8.91. The summed E-state index contributed by atoms with van der Waals surface area (Å²) in [5, 5.41) is 23.4. The molecule has 0 radical (unpaired) electrons. The number of hydrogen-bond acceptors (Lipinski definition) is 9. The van der Waals surface area contributed by atoms with Gasteiger partial charge in [-0.05, 0) is 19.4 Å². The Morgan fingerprint density at radius 2 is 2.15 bits per heavy atom. The number of carboxylic acid groups (broad SMARTS) is 1. The van der Waals surface area contributed by atoms with Crippen molar-refractivity contribution < 1.29 is 29.3 Å². The minimum absolute atomic E-state index is 0.0331. The predicted octanol–water partition coefficient (Wildman–Crippen LogP) is 0.736. The zero-order valence-electron chi connectivity index (χ0n) is 19.0. The summed E-state index contributed by atoms with van der Waals surface area (Å²) in [5.74, 6) is -2.51. The quantitative estimate of drug-likeness (QED) is 0.259. The molecule has 182 valence electrons. The van der Waals surface area contributed by atoms with Crippen molar-refractivity contribution in [3.63, 3.8) is 0 Å². The lowest BCUT2D eigenvalue weighted by Crippen LogP contribution is -2.63. The second-order valence-corrected chi connectivity index (χ2v) is 10.3. The van der Waals surface area contributed by atoms with Gasteiger partial charge >= 0.3 is 11.9 Å². The van der Waals surface area contributed by atoms with Crippen molar-refractivity contribution >= 4 is 29.6 Å². The Kier molecular flexibility index (Phi) is 6.79. The van der Waals surface area contributed by atoms with Crippen LogP contribution in [0.3, 0.4) is 0 Å². The summed E-state index contributed by atoms with van der Waals surface area (Å²) in [6.07, 6.45) is 4.75. The summed E-state index contributed by atoms with van der Waals surface area (Å²) in [6.45, 7) is 7.25. The standard InChI is InChI=1S/C23H28N4O6S/c1-4-8-33-22(32)23(10-14(26-11-23)9-15-24-6-5-7-25-15)34-19-12(2)17-16(13(3)28)20(29)27(17)18(19)21(30)31/h4-7,12-14,16-17,26,28H,1,8-11H2,2-3H3,(H,30,31)/t12-,13-,14-,16-,17-,23+/m1/s1. The van der Waals surface area contributed by atoms with Crippen LogP contribution >= 0.6 is 11.8 Å². The lowest BCUT2D eigenvalue weighted by Gasteiger charge is -2.46. The molecule has 1 amide bonds. The molecule has 34 heavy (non-hydrogen) atoms. The summed E-state index contributed by atoms with van der Waals surface area (Å²) in [5.41, 5.74) is -0.116. The van der Waals surface area contributed by atoms with Gasteiger partial charge < -0.3 is 25.2 Å². The number of aromatic nitrogens is 2. The molecule has 0 spiro atoms. The third kappa shape index (κ3) is 4.12. The number of nitrogens with zero attached hydrogens (tertiary/aromatic N) is 3. The number of carbonyl (C=O) groups excluding carboxylic acids is 2. The first-order valence-corrected chi connectivity index (χ1v) is 12.0. The van der Waals surface area contributed by atoms with Crippen LogP contribution in [0.2, 0.25) is 0 Å². The highest BCUT2D eigenvalue weighted by molar-refractivity contribution is 8.05. The molecular weight excluding hydrogens is 460 g/mol. The zero-order valence-corrected chi connectivity index (χ0v) is 19.8. The van der Waals surface area contributed by atoms with E-state index < -0.39 is 40.7 Å². The normalized spacial score (nSPS) is 31.1. The number of carbonyl (C=O) groups is 3. The largest absolute Gasteiger partial charge is 0.477 e. The number of thioether (sulfide) groups is 1. The molecule has 1 aromatic rings. The van der Waals surface area contributed by atoms with Gasteiger partial charge in [-0.1, -0.05) is 19.6 Å². The molecular formula is C23H28N4O6S. The number of aliphatic hydroxyl groups is 1. The maximum atomic E-state index is 13.3. The average molecular weight is 489 g/mol. The van der Waals surface area contributed by atoms with Crippen LogP contribution in [-0.2, 0) is 25.5 Å². The smallest absolute Gasteiger partial charge is 0.353 e. The number of esters is 1. The van der Waals surface area contributed by atoms with E-state index in [2.05, 4.69) is 21.9 Å². The van der Waals surface area contributed by atoms with Crippen LogP contribution in [0, 0.1) is 11.8 Å². The number of β-lactam (4-membered cyclic amide) rings is 1. The van der Waals surface area contributed by atoms with Crippen LogP contribution < -0.4 is 5.32 Å². The van der Waals surface area contributed by atoms with Gasteiger partial charge in [0, 0.05) is 42.2 Å². The molecule has 0 bridgehead atoms. The van der Waals surface area contributed by atoms with Gasteiger partial charge in [-0.15, -0.1) is 11.8 Å². The van der Waals surface area contributed by atoms with Gasteiger partial charge in [0.15, 0.2) is 0 Å². The van der Waals surface area contributed by atoms with Crippen molar-refractivity contribution in [3.8, 4) is 0 Å². The Morgan fingerprint density at radius 3 is 2.76 bits per heavy atom. The van der Waals surface area contributed by atoms with Crippen molar-refractivity contribution in [2.24, 2.45) is 11.8 Å². The van der Waals surface area contributed by atoms with E-state index in [9.17, 15) is 24.6 Å². The number of ether oxygens (including phenoxy) is 1. The first kappa shape index (κ1) is 24.4. The monoisotopic (exact) mass is 488 g/mol. The maximum absolute atomic E-state index is 13.3. The Bertz CT molecular complexity index is 1030. The van der Waals surface area contributed by atoms with Gasteiger partial charge in [0.25, 0.3) is 0 Å². The van der Waals surface area contributed by atoms with Crippen molar-refractivity contribution in [2.75, 3.05) is 13.2 Å². The highest BCUT2D eigenvalue weighted by Gasteiger charge is 2.61. The van der Waals surface area contributed by atoms with E-state index >= 15 is 0 Å². The van der Waals surface area contributed by atoms with Gasteiger partial charge in [-0.25, -0.2) is 14.8 Å². The zero-order chi connectivity index (χ0) is 24.6. The van der Waals surface area contributed by atoms with Crippen LogP contribution in [0.25, 0.3) is 0 Å². The number of carboxylic acids is 1. The number of fused-ring (bicyclic) bond motifs is 1. The van der Waals surface area contributed by atoms with Gasteiger partial charge in [0.05, 0.1) is 18.1 Å². The van der Waals surface area contributed by atoms with E-state index in [1.165, 1.54) is 17.9 Å². The van der Waals surface area contributed by atoms with Crippen LogP contribution in [0.5, 0.6) is 0 Å². The minimum atomic E-state index is -1.23. The fourth-order valence-corrected chi connectivity index (χ4v) is 6.67. The summed E-state index contributed by atoms with van der Waals surface area (Å²) in [6, 6.07) is 1.15. The minimum Gasteiger partial charge on any atom is -0.477 e. The first-order chi connectivity index (χ1) is 16.2. The molecule has 10 nitrogen and oxygen atoms in total.